The highest BCUT2D eigenvalue weighted by Gasteiger charge is 2.18. The van der Waals surface area contributed by atoms with Crippen molar-refractivity contribution < 1.29 is 8.95 Å². The molecule has 0 saturated heterocycles. The molecule has 0 bridgehead atoms. The van der Waals surface area contributed by atoms with E-state index in [4.69, 9.17) is 4.74 Å². The van der Waals surface area contributed by atoms with Crippen molar-refractivity contribution in [2.24, 2.45) is 0 Å². The van der Waals surface area contributed by atoms with E-state index in [0.29, 0.717) is 10.8 Å². The summed E-state index contributed by atoms with van der Waals surface area (Å²) in [5, 5.41) is 9.04. The molecule has 3 aromatic carbocycles. The van der Waals surface area contributed by atoms with Gasteiger partial charge in [0.2, 0.25) is 0 Å². The van der Waals surface area contributed by atoms with E-state index in [2.05, 4.69) is 38.9 Å². The highest BCUT2D eigenvalue weighted by atomic mass is 32.2. The van der Waals surface area contributed by atoms with Crippen molar-refractivity contribution in [1.29, 1.82) is 0 Å². The molecule has 168 valence electrons. The van der Waals surface area contributed by atoms with Gasteiger partial charge in [0.1, 0.15) is 17.3 Å². The highest BCUT2D eigenvalue weighted by molar-refractivity contribution is 7.88. The smallest absolute Gasteiger partial charge is 0.161 e. The van der Waals surface area contributed by atoms with Gasteiger partial charge in [0, 0.05) is 46.3 Å². The Morgan fingerprint density at radius 3 is 2.54 bits per heavy atom. The first-order chi connectivity index (χ1) is 17.2. The fourth-order valence-corrected chi connectivity index (χ4v) is 5.47. The van der Waals surface area contributed by atoms with Gasteiger partial charge in [-0.25, -0.2) is 13.9 Å². The summed E-state index contributed by atoms with van der Waals surface area (Å²) in [6.45, 7) is 0. The summed E-state index contributed by atoms with van der Waals surface area (Å²) in [5.41, 5.74) is 3.84. The lowest BCUT2D eigenvalue weighted by Crippen LogP contribution is -1.97. The van der Waals surface area contributed by atoms with E-state index >= 15 is 0 Å². The average molecular weight is 475 g/mol. The second-order valence-corrected chi connectivity index (χ2v) is 9.51. The number of rotatable bonds is 4. The summed E-state index contributed by atoms with van der Waals surface area (Å²) in [6.07, 6.45) is 5.52. The monoisotopic (exact) mass is 474 g/mol. The second-order valence-electron chi connectivity index (χ2n) is 8.25. The summed E-state index contributed by atoms with van der Waals surface area (Å²) in [6, 6.07) is 28.1. The van der Waals surface area contributed by atoms with Crippen LogP contribution < -0.4 is 4.74 Å². The van der Waals surface area contributed by atoms with Gasteiger partial charge in [-0.3, -0.25) is 4.57 Å². The molecule has 6 nitrogen and oxygen atoms in total. The maximum absolute atomic E-state index is 12.0. The molecule has 1 aliphatic rings. The molecular formula is C28H18N4O2S. The average Bonchev–Trinajstić information content (AvgIpc) is 3.57. The van der Waals surface area contributed by atoms with Crippen LogP contribution in [-0.2, 0) is 10.8 Å². The zero-order chi connectivity index (χ0) is 23.4. The lowest BCUT2D eigenvalue weighted by Gasteiger charge is -2.10. The first kappa shape index (κ1) is 19.9. The lowest BCUT2D eigenvalue weighted by atomic mass is 10.1. The fraction of sp³-hybridized carbons (Fsp3) is 0. The van der Waals surface area contributed by atoms with Gasteiger partial charge in [0.15, 0.2) is 5.03 Å². The highest BCUT2D eigenvalue weighted by Crippen LogP contribution is 2.35. The zero-order valence-electron chi connectivity index (χ0n) is 18.4. The normalized spacial score (nSPS) is 14.6. The molecule has 0 N–H and O–H groups in total. The lowest BCUT2D eigenvalue weighted by molar-refractivity contribution is 0.483. The topological polar surface area (TPSA) is 61.9 Å². The molecule has 0 amide bonds. The Balaban J connectivity index is 1.30. The molecule has 0 radical (unpaired) electrons. The van der Waals surface area contributed by atoms with Crippen LogP contribution in [0.3, 0.4) is 0 Å². The van der Waals surface area contributed by atoms with E-state index < -0.39 is 10.8 Å². The number of benzene rings is 3. The van der Waals surface area contributed by atoms with Crippen molar-refractivity contribution >= 4 is 38.7 Å². The molecular weight excluding hydrogens is 456 g/mol. The van der Waals surface area contributed by atoms with Crippen molar-refractivity contribution in [2.75, 3.05) is 0 Å². The number of nitrogens with zero attached hydrogens (tertiary/aromatic N) is 4. The molecule has 35 heavy (non-hydrogen) atoms. The van der Waals surface area contributed by atoms with Gasteiger partial charge in [-0.1, -0.05) is 30.3 Å². The maximum atomic E-state index is 12.0. The first-order valence-electron chi connectivity index (χ1n) is 11.2. The van der Waals surface area contributed by atoms with Gasteiger partial charge in [-0.05, 0) is 48.5 Å². The quantitative estimate of drug-likeness (QED) is 0.303. The van der Waals surface area contributed by atoms with E-state index in [0.717, 1.165) is 39.2 Å². The van der Waals surface area contributed by atoms with E-state index in [-0.39, 0.29) is 0 Å². The number of hydrogen-bond acceptors (Lipinski definition) is 4. The van der Waals surface area contributed by atoms with Gasteiger partial charge < -0.3 is 4.74 Å². The first-order valence-corrected chi connectivity index (χ1v) is 12.4. The van der Waals surface area contributed by atoms with Crippen LogP contribution in [0.2, 0.25) is 0 Å². The molecule has 0 spiro atoms. The van der Waals surface area contributed by atoms with Crippen molar-refractivity contribution in [2.45, 2.75) is 5.03 Å². The molecule has 4 heterocycles. The van der Waals surface area contributed by atoms with Gasteiger partial charge in [0.05, 0.1) is 27.5 Å². The number of hydrogen-bond donors (Lipinski definition) is 0. The molecule has 0 saturated carbocycles. The second kappa shape index (κ2) is 7.78. The van der Waals surface area contributed by atoms with Crippen molar-refractivity contribution in [1.82, 2.24) is 19.3 Å². The standard InChI is InChI=1S/C28H18N4O2S/c33-35-15-13-19-18-31(30-28(19)35)20-6-5-7-21(16-20)34-22-11-12-24-23-8-1-2-9-25(23)32(26(24)17-22)27-10-3-4-14-29-27/h1-18H. The largest absolute Gasteiger partial charge is 0.457 e. The van der Waals surface area contributed by atoms with E-state index in [1.807, 2.05) is 72.9 Å². The van der Waals surface area contributed by atoms with E-state index in [9.17, 15) is 4.21 Å². The van der Waals surface area contributed by atoms with Crippen molar-refractivity contribution in [3.05, 3.63) is 108 Å². The van der Waals surface area contributed by atoms with Gasteiger partial charge in [-0.15, -0.1) is 0 Å². The third-order valence-electron chi connectivity index (χ3n) is 6.11. The maximum Gasteiger partial charge on any atom is 0.161 e. The molecule has 7 heteroatoms. The number of fused-ring (bicyclic) bond motifs is 4. The molecule has 1 unspecified atom stereocenters. The SMILES string of the molecule is O=S1C=Cc2cn(-c3cccc(Oc4ccc5c6ccccc6n(-c6ccccn6)c5c4)c3)nc21. The molecule has 3 aromatic heterocycles. The summed E-state index contributed by atoms with van der Waals surface area (Å²) in [7, 11) is -1.18. The summed E-state index contributed by atoms with van der Waals surface area (Å²) < 4.78 is 22.2. The minimum atomic E-state index is -1.18. The molecule has 6 aromatic rings. The van der Waals surface area contributed by atoms with Crippen LogP contribution in [0.25, 0.3) is 39.4 Å². The molecule has 0 aliphatic carbocycles. The minimum Gasteiger partial charge on any atom is -0.457 e. The fourth-order valence-electron chi connectivity index (χ4n) is 4.55. The van der Waals surface area contributed by atoms with Crippen LogP contribution in [0, 0.1) is 0 Å². The summed E-state index contributed by atoms with van der Waals surface area (Å²) >= 11 is 0. The molecule has 1 aliphatic heterocycles. The van der Waals surface area contributed by atoms with Gasteiger partial charge in [-0.2, -0.15) is 5.10 Å². The number of pyridine rings is 1. The third-order valence-corrected chi connectivity index (χ3v) is 7.19. The zero-order valence-corrected chi connectivity index (χ0v) is 19.2. The Labute approximate surface area is 203 Å². The van der Waals surface area contributed by atoms with Crippen molar-refractivity contribution in [3.8, 4) is 23.0 Å². The Kier molecular flexibility index (Phi) is 4.43. The Morgan fingerprint density at radius 1 is 0.800 bits per heavy atom. The van der Waals surface area contributed by atoms with Gasteiger partial charge >= 0.3 is 0 Å². The predicted molar refractivity (Wildman–Crippen MR) is 138 cm³/mol. The van der Waals surface area contributed by atoms with Crippen LogP contribution >= 0.6 is 0 Å². The van der Waals surface area contributed by atoms with Crippen molar-refractivity contribution in [3.63, 3.8) is 0 Å². The van der Waals surface area contributed by atoms with Crippen LogP contribution in [0.5, 0.6) is 11.5 Å². The molecule has 1 atom stereocenters. The van der Waals surface area contributed by atoms with Crippen LogP contribution in [0.4, 0.5) is 0 Å². The Morgan fingerprint density at radius 2 is 1.66 bits per heavy atom. The van der Waals surface area contributed by atoms with Crippen LogP contribution in [0.15, 0.2) is 108 Å². The Bertz CT molecular complexity index is 1800. The third kappa shape index (κ3) is 3.28. The van der Waals surface area contributed by atoms with E-state index in [1.165, 1.54) is 5.39 Å². The predicted octanol–water partition coefficient (Wildman–Crippen LogP) is 6.25. The number of para-hydroxylation sites is 1. The Hall–Kier alpha value is -4.49. The molecule has 0 fully saturated rings. The van der Waals surface area contributed by atoms with Crippen LogP contribution in [-0.4, -0.2) is 23.5 Å². The van der Waals surface area contributed by atoms with E-state index in [1.54, 1.807) is 16.3 Å². The molecule has 7 rings (SSSR count). The van der Waals surface area contributed by atoms with Crippen LogP contribution in [0.1, 0.15) is 5.56 Å². The van der Waals surface area contributed by atoms with Gasteiger partial charge in [0.25, 0.3) is 0 Å². The summed E-state index contributed by atoms with van der Waals surface area (Å²) in [4.78, 5) is 4.59. The minimum absolute atomic E-state index is 0.587. The number of ether oxygens (including phenoxy) is 1. The summed E-state index contributed by atoms with van der Waals surface area (Å²) in [5.74, 6) is 2.27. The number of aromatic nitrogens is 4.